The highest BCUT2D eigenvalue weighted by atomic mass is 32.2. The number of nitrogens with zero attached hydrogens (tertiary/aromatic N) is 1. The van der Waals surface area contributed by atoms with E-state index in [1.54, 1.807) is 32.0 Å². The largest absolute Gasteiger partial charge is 0.492 e. The number of aliphatic hydroxyl groups is 1. The smallest absolute Gasteiger partial charge is 0.259 e. The predicted octanol–water partition coefficient (Wildman–Crippen LogP) is 0.982. The van der Waals surface area contributed by atoms with Gasteiger partial charge in [0.15, 0.2) is 0 Å². The second-order valence-electron chi connectivity index (χ2n) is 6.42. The summed E-state index contributed by atoms with van der Waals surface area (Å²) in [7, 11) is -3.60. The Morgan fingerprint density at radius 3 is 2.79 bits per heavy atom. The molecule has 1 aromatic rings. The summed E-state index contributed by atoms with van der Waals surface area (Å²) in [6, 6.07) is 5.02. The molecule has 0 fully saturated rings. The molecule has 1 aliphatic rings. The van der Waals surface area contributed by atoms with Crippen molar-refractivity contribution in [1.29, 1.82) is 0 Å². The molecule has 1 aromatic carbocycles. The van der Waals surface area contributed by atoms with Crippen LogP contribution < -0.4 is 10.5 Å². The second kappa shape index (κ2) is 6.90. The van der Waals surface area contributed by atoms with Gasteiger partial charge in [-0.05, 0) is 31.9 Å². The van der Waals surface area contributed by atoms with Crippen LogP contribution in [0.5, 0.6) is 5.75 Å². The molecule has 0 saturated carbocycles. The number of amidine groups is 1. The molecule has 132 valence electrons. The average Bonchev–Trinajstić information content (AvgIpc) is 2.48. The highest BCUT2D eigenvalue weighted by Crippen LogP contribution is 2.30. The number of nitrogens with two attached hydrogens (primary N) is 1. The van der Waals surface area contributed by atoms with Gasteiger partial charge in [-0.25, -0.2) is 8.42 Å². The van der Waals surface area contributed by atoms with Crippen LogP contribution in [0, 0.1) is 5.41 Å². The van der Waals surface area contributed by atoms with Gasteiger partial charge >= 0.3 is 0 Å². The summed E-state index contributed by atoms with van der Waals surface area (Å²) in [5.74, 6) is 0.0764. The van der Waals surface area contributed by atoms with Crippen LogP contribution in [0.15, 0.2) is 22.6 Å². The van der Waals surface area contributed by atoms with E-state index in [-0.39, 0.29) is 37.0 Å². The quantitative estimate of drug-likeness (QED) is 0.753. The van der Waals surface area contributed by atoms with E-state index in [1.165, 1.54) is 0 Å². The fraction of sp³-hybridized carbons (Fsp3) is 0.500. The van der Waals surface area contributed by atoms with E-state index >= 15 is 0 Å². The topological polar surface area (TPSA) is 119 Å². The summed E-state index contributed by atoms with van der Waals surface area (Å²) in [5, 5.41) is 8.83. The maximum atomic E-state index is 12.2. The minimum absolute atomic E-state index is 0.00874. The number of hydrogen-bond donors (Lipinski definition) is 2. The third kappa shape index (κ3) is 4.12. The van der Waals surface area contributed by atoms with Gasteiger partial charge in [0.05, 0.1) is 16.7 Å². The van der Waals surface area contributed by atoms with Crippen molar-refractivity contribution in [3.05, 3.63) is 29.3 Å². The van der Waals surface area contributed by atoms with Crippen LogP contribution in [0.4, 0.5) is 0 Å². The van der Waals surface area contributed by atoms with E-state index < -0.39 is 15.4 Å². The number of rotatable bonds is 7. The van der Waals surface area contributed by atoms with Gasteiger partial charge in [-0.2, -0.15) is 0 Å². The highest BCUT2D eigenvalue weighted by molar-refractivity contribution is 7.89. The Bertz CT molecular complexity index is 769. The first-order valence-electron chi connectivity index (χ1n) is 7.63. The van der Waals surface area contributed by atoms with Gasteiger partial charge in [0.2, 0.25) is 0 Å². The van der Waals surface area contributed by atoms with Crippen molar-refractivity contribution in [3.8, 4) is 5.75 Å². The summed E-state index contributed by atoms with van der Waals surface area (Å²) in [6.45, 7) is 3.62. The predicted molar refractivity (Wildman–Crippen MR) is 90.4 cm³/mol. The number of carbonyl (C=O) groups excluding carboxylic acids is 1. The molecular formula is C16H22N2O5S. The monoisotopic (exact) mass is 354 g/mol. The van der Waals surface area contributed by atoms with Crippen molar-refractivity contribution in [2.75, 3.05) is 13.2 Å². The molecule has 8 heteroatoms. The van der Waals surface area contributed by atoms with E-state index in [1.807, 2.05) is 0 Å². The lowest BCUT2D eigenvalue weighted by molar-refractivity contribution is -0.128. The van der Waals surface area contributed by atoms with E-state index in [9.17, 15) is 13.2 Å². The van der Waals surface area contributed by atoms with Gasteiger partial charge < -0.3 is 15.6 Å². The van der Waals surface area contributed by atoms with Gasteiger partial charge in [0, 0.05) is 13.0 Å². The number of carbonyl (C=O) groups is 1. The molecule has 7 nitrogen and oxygen atoms in total. The Balaban J connectivity index is 2.19. The lowest BCUT2D eigenvalue weighted by Gasteiger charge is -2.25. The van der Waals surface area contributed by atoms with Crippen molar-refractivity contribution >= 4 is 21.6 Å². The number of ether oxygens (including phenoxy) is 1. The number of hydrogen-bond acceptors (Lipinski definition) is 6. The summed E-state index contributed by atoms with van der Waals surface area (Å²) >= 11 is 0. The van der Waals surface area contributed by atoms with Gasteiger partial charge in [0.25, 0.3) is 10.0 Å². The Morgan fingerprint density at radius 2 is 2.12 bits per heavy atom. The SMILES string of the molecule is CC(C)(COc1cccc2c1C(N)=NS(=O)(=O)C2)C(=O)CCCO. The van der Waals surface area contributed by atoms with Crippen LogP contribution in [0.1, 0.15) is 37.8 Å². The summed E-state index contributed by atoms with van der Waals surface area (Å²) in [4.78, 5) is 12.2. The van der Waals surface area contributed by atoms with Crippen LogP contribution in [-0.2, 0) is 20.6 Å². The van der Waals surface area contributed by atoms with Gasteiger partial charge in [-0.15, -0.1) is 4.40 Å². The number of sulfonamides is 1. The third-order valence-corrected chi connectivity index (χ3v) is 5.00. The minimum Gasteiger partial charge on any atom is -0.492 e. The van der Waals surface area contributed by atoms with Crippen molar-refractivity contribution in [2.45, 2.75) is 32.4 Å². The molecule has 0 radical (unpaired) electrons. The van der Waals surface area contributed by atoms with E-state index in [2.05, 4.69) is 4.40 Å². The van der Waals surface area contributed by atoms with Crippen molar-refractivity contribution < 1.29 is 23.1 Å². The fourth-order valence-electron chi connectivity index (χ4n) is 2.45. The molecule has 0 saturated heterocycles. The van der Waals surface area contributed by atoms with E-state index in [0.29, 0.717) is 23.3 Å². The van der Waals surface area contributed by atoms with Crippen LogP contribution in [0.3, 0.4) is 0 Å². The summed E-state index contributed by atoms with van der Waals surface area (Å²) in [6.07, 6.45) is 0.696. The molecule has 1 aliphatic heterocycles. The Labute approximate surface area is 141 Å². The molecule has 3 N–H and O–H groups in total. The Morgan fingerprint density at radius 1 is 1.42 bits per heavy atom. The maximum Gasteiger partial charge on any atom is 0.259 e. The lowest BCUT2D eigenvalue weighted by Crippen LogP contribution is -2.32. The zero-order valence-corrected chi connectivity index (χ0v) is 14.6. The number of benzene rings is 1. The summed E-state index contributed by atoms with van der Waals surface area (Å²) < 4.78 is 32.6. The van der Waals surface area contributed by atoms with Gasteiger partial charge in [0.1, 0.15) is 24.0 Å². The van der Waals surface area contributed by atoms with Gasteiger partial charge in [-0.1, -0.05) is 12.1 Å². The fourth-order valence-corrected chi connectivity index (χ4v) is 3.54. The van der Waals surface area contributed by atoms with E-state index in [0.717, 1.165) is 0 Å². The summed E-state index contributed by atoms with van der Waals surface area (Å²) in [5.41, 5.74) is 6.05. The first-order chi connectivity index (χ1) is 11.2. The van der Waals surface area contributed by atoms with Crippen LogP contribution in [0.25, 0.3) is 0 Å². The first-order valence-corrected chi connectivity index (χ1v) is 9.24. The van der Waals surface area contributed by atoms with Crippen molar-refractivity contribution in [2.24, 2.45) is 15.5 Å². The Hall–Kier alpha value is -1.93. The normalized spacial score (nSPS) is 16.2. The van der Waals surface area contributed by atoms with Crippen molar-refractivity contribution in [1.82, 2.24) is 0 Å². The number of Topliss-reactive ketones (excluding diaryl/α,β-unsaturated/α-hetero) is 1. The zero-order chi connectivity index (χ0) is 18.0. The molecule has 24 heavy (non-hydrogen) atoms. The Kier molecular flexibility index (Phi) is 5.29. The second-order valence-corrected chi connectivity index (χ2v) is 8.05. The molecule has 2 rings (SSSR count). The number of aliphatic hydroxyl groups excluding tert-OH is 1. The zero-order valence-electron chi connectivity index (χ0n) is 13.8. The molecule has 0 spiro atoms. The number of fused-ring (bicyclic) bond motifs is 1. The highest BCUT2D eigenvalue weighted by Gasteiger charge is 2.30. The molecule has 0 aromatic heterocycles. The molecule has 0 bridgehead atoms. The molecule has 1 heterocycles. The van der Waals surface area contributed by atoms with Crippen molar-refractivity contribution in [3.63, 3.8) is 0 Å². The molecule has 0 aliphatic carbocycles. The maximum absolute atomic E-state index is 12.2. The van der Waals surface area contributed by atoms with Crippen LogP contribution in [-0.4, -0.2) is 38.4 Å². The average molecular weight is 354 g/mol. The first kappa shape index (κ1) is 18.4. The third-order valence-electron chi connectivity index (χ3n) is 3.85. The molecule has 0 unspecified atom stereocenters. The number of ketones is 1. The molecule has 0 amide bonds. The molecular weight excluding hydrogens is 332 g/mol. The van der Waals surface area contributed by atoms with Crippen LogP contribution >= 0.6 is 0 Å². The van der Waals surface area contributed by atoms with Gasteiger partial charge in [-0.3, -0.25) is 4.79 Å². The molecule has 0 atom stereocenters. The minimum atomic E-state index is -3.60. The standard InChI is InChI=1S/C16H22N2O5S/c1-16(2,13(20)7-4-8-19)10-23-12-6-3-5-11-9-24(21,22)18-15(17)14(11)12/h3,5-6,19H,4,7-10H2,1-2H3,(H2,17,18). The lowest BCUT2D eigenvalue weighted by atomic mass is 9.86. The van der Waals surface area contributed by atoms with E-state index in [4.69, 9.17) is 15.6 Å². The van der Waals surface area contributed by atoms with Crippen LogP contribution in [0.2, 0.25) is 0 Å².